The molecule has 1 saturated heterocycles. The average molecular weight is 374 g/mol. The molecule has 0 aliphatic carbocycles. The molecule has 144 valence electrons. The number of benzene rings is 2. The van der Waals surface area contributed by atoms with E-state index in [4.69, 9.17) is 4.74 Å². The van der Waals surface area contributed by atoms with Gasteiger partial charge in [0.05, 0.1) is 0 Å². The van der Waals surface area contributed by atoms with E-state index < -0.39 is 5.60 Å². The van der Waals surface area contributed by atoms with Crippen LogP contribution < -0.4 is 9.64 Å². The van der Waals surface area contributed by atoms with Crippen LogP contribution in [0.25, 0.3) is 0 Å². The molecular formula is C21H24F2N2O2. The van der Waals surface area contributed by atoms with Crippen molar-refractivity contribution >= 4 is 11.6 Å². The van der Waals surface area contributed by atoms with E-state index in [0.717, 1.165) is 18.7 Å². The Morgan fingerprint density at radius 3 is 2.11 bits per heavy atom. The minimum atomic E-state index is -1.05. The van der Waals surface area contributed by atoms with Crippen LogP contribution in [0.5, 0.6) is 5.75 Å². The Balaban J connectivity index is 1.64. The Bertz CT molecular complexity index is 776. The third-order valence-electron chi connectivity index (χ3n) is 4.68. The summed E-state index contributed by atoms with van der Waals surface area (Å²) in [6, 6.07) is 12.1. The number of ether oxygens (including phenoxy) is 1. The van der Waals surface area contributed by atoms with E-state index in [1.807, 2.05) is 0 Å². The molecule has 0 N–H and O–H groups in total. The summed E-state index contributed by atoms with van der Waals surface area (Å²) < 4.78 is 32.0. The standard InChI is InChI=1S/C21H24F2N2O2/c1-21(2,27-19-10-6-17(23)7-11-19)20(26)25-13-3-12-24(14-15-25)18-8-4-16(22)5-9-18/h4-11H,3,12-15H2,1-2H3. The maximum absolute atomic E-state index is 13.1. The van der Waals surface area contributed by atoms with Gasteiger partial charge in [0.2, 0.25) is 0 Å². The van der Waals surface area contributed by atoms with Gasteiger partial charge in [0.1, 0.15) is 17.4 Å². The Morgan fingerprint density at radius 1 is 0.889 bits per heavy atom. The van der Waals surface area contributed by atoms with Gasteiger partial charge in [-0.2, -0.15) is 0 Å². The van der Waals surface area contributed by atoms with Crippen LogP contribution in [0.15, 0.2) is 48.5 Å². The molecule has 3 rings (SSSR count). The van der Waals surface area contributed by atoms with Crippen molar-refractivity contribution < 1.29 is 18.3 Å². The van der Waals surface area contributed by atoms with Crippen LogP contribution in [-0.2, 0) is 4.79 Å². The molecule has 27 heavy (non-hydrogen) atoms. The fourth-order valence-electron chi connectivity index (χ4n) is 3.25. The van der Waals surface area contributed by atoms with E-state index in [-0.39, 0.29) is 17.5 Å². The van der Waals surface area contributed by atoms with Gasteiger partial charge in [-0.05, 0) is 68.8 Å². The molecule has 6 heteroatoms. The highest BCUT2D eigenvalue weighted by atomic mass is 19.1. The molecular weight excluding hydrogens is 350 g/mol. The number of carbonyl (C=O) groups excluding carboxylic acids is 1. The number of nitrogens with zero attached hydrogens (tertiary/aromatic N) is 2. The second-order valence-electron chi connectivity index (χ2n) is 7.18. The van der Waals surface area contributed by atoms with E-state index in [1.165, 1.54) is 36.4 Å². The first-order chi connectivity index (χ1) is 12.8. The van der Waals surface area contributed by atoms with Gasteiger partial charge in [-0.25, -0.2) is 8.78 Å². The number of hydrogen-bond acceptors (Lipinski definition) is 3. The number of anilines is 1. The third-order valence-corrected chi connectivity index (χ3v) is 4.68. The first-order valence-corrected chi connectivity index (χ1v) is 9.10. The van der Waals surface area contributed by atoms with E-state index in [2.05, 4.69) is 4.90 Å². The predicted octanol–water partition coefficient (Wildman–Crippen LogP) is 3.86. The highest BCUT2D eigenvalue weighted by Crippen LogP contribution is 2.22. The monoisotopic (exact) mass is 374 g/mol. The van der Waals surface area contributed by atoms with Crippen molar-refractivity contribution in [2.24, 2.45) is 0 Å². The van der Waals surface area contributed by atoms with Gasteiger partial charge in [0.15, 0.2) is 5.60 Å². The molecule has 0 radical (unpaired) electrons. The summed E-state index contributed by atoms with van der Waals surface area (Å²) in [5.74, 6) is -0.254. The van der Waals surface area contributed by atoms with Crippen molar-refractivity contribution in [1.82, 2.24) is 4.90 Å². The van der Waals surface area contributed by atoms with Crippen molar-refractivity contribution in [3.8, 4) is 5.75 Å². The maximum Gasteiger partial charge on any atom is 0.266 e. The lowest BCUT2D eigenvalue weighted by molar-refractivity contribution is -0.145. The van der Waals surface area contributed by atoms with Crippen molar-refractivity contribution in [2.45, 2.75) is 25.9 Å². The van der Waals surface area contributed by atoms with Crippen LogP contribution in [0.2, 0.25) is 0 Å². The van der Waals surface area contributed by atoms with Gasteiger partial charge in [-0.15, -0.1) is 0 Å². The topological polar surface area (TPSA) is 32.8 Å². The lowest BCUT2D eigenvalue weighted by Crippen LogP contribution is -2.50. The molecule has 0 atom stereocenters. The summed E-state index contributed by atoms with van der Waals surface area (Å²) in [5, 5.41) is 0. The second-order valence-corrected chi connectivity index (χ2v) is 7.18. The molecule has 2 aromatic rings. The van der Waals surface area contributed by atoms with E-state index in [0.29, 0.717) is 25.4 Å². The summed E-state index contributed by atoms with van der Waals surface area (Å²) in [7, 11) is 0. The van der Waals surface area contributed by atoms with Gasteiger partial charge >= 0.3 is 0 Å². The summed E-state index contributed by atoms with van der Waals surface area (Å²) in [4.78, 5) is 16.9. The molecule has 1 aliphatic heterocycles. The lowest BCUT2D eigenvalue weighted by atomic mass is 10.1. The molecule has 0 spiro atoms. The Hall–Kier alpha value is -2.63. The zero-order valence-electron chi connectivity index (χ0n) is 15.6. The predicted molar refractivity (Wildman–Crippen MR) is 101 cm³/mol. The van der Waals surface area contributed by atoms with Gasteiger partial charge in [-0.1, -0.05) is 0 Å². The molecule has 2 aromatic carbocycles. The van der Waals surface area contributed by atoms with Crippen LogP contribution in [0.3, 0.4) is 0 Å². The zero-order chi connectivity index (χ0) is 19.4. The number of carbonyl (C=O) groups is 1. The molecule has 1 aliphatic rings. The molecule has 0 bridgehead atoms. The molecule has 0 saturated carbocycles. The minimum Gasteiger partial charge on any atom is -0.478 e. The number of rotatable bonds is 4. The Labute approximate surface area is 158 Å². The van der Waals surface area contributed by atoms with Gasteiger partial charge in [0.25, 0.3) is 5.91 Å². The summed E-state index contributed by atoms with van der Waals surface area (Å²) >= 11 is 0. The lowest BCUT2D eigenvalue weighted by Gasteiger charge is -2.32. The molecule has 0 unspecified atom stereocenters. The summed E-state index contributed by atoms with van der Waals surface area (Å²) in [5.41, 5.74) is -0.101. The normalized spacial score (nSPS) is 15.4. The van der Waals surface area contributed by atoms with Crippen LogP contribution in [0.4, 0.5) is 14.5 Å². The van der Waals surface area contributed by atoms with Crippen LogP contribution in [-0.4, -0.2) is 42.6 Å². The smallest absolute Gasteiger partial charge is 0.266 e. The van der Waals surface area contributed by atoms with Crippen molar-refractivity contribution in [1.29, 1.82) is 0 Å². The first kappa shape index (κ1) is 19.1. The Morgan fingerprint density at radius 2 is 1.48 bits per heavy atom. The SMILES string of the molecule is CC(C)(Oc1ccc(F)cc1)C(=O)N1CCCN(c2ccc(F)cc2)CC1. The van der Waals surface area contributed by atoms with Gasteiger partial charge in [-0.3, -0.25) is 4.79 Å². The van der Waals surface area contributed by atoms with E-state index in [9.17, 15) is 13.6 Å². The molecule has 0 aromatic heterocycles. The maximum atomic E-state index is 13.1. The van der Waals surface area contributed by atoms with E-state index >= 15 is 0 Å². The van der Waals surface area contributed by atoms with Crippen LogP contribution >= 0.6 is 0 Å². The quantitative estimate of drug-likeness (QED) is 0.815. The summed E-state index contributed by atoms with van der Waals surface area (Å²) in [6.07, 6.45) is 0.815. The largest absolute Gasteiger partial charge is 0.478 e. The number of hydrogen-bond donors (Lipinski definition) is 0. The van der Waals surface area contributed by atoms with Crippen molar-refractivity contribution in [3.05, 3.63) is 60.2 Å². The fourth-order valence-corrected chi connectivity index (χ4v) is 3.25. The van der Waals surface area contributed by atoms with Crippen molar-refractivity contribution in [2.75, 3.05) is 31.1 Å². The van der Waals surface area contributed by atoms with Crippen molar-refractivity contribution in [3.63, 3.8) is 0 Å². The molecule has 1 fully saturated rings. The van der Waals surface area contributed by atoms with Gasteiger partial charge in [0, 0.05) is 31.9 Å². The highest BCUT2D eigenvalue weighted by Gasteiger charge is 2.35. The highest BCUT2D eigenvalue weighted by molar-refractivity contribution is 5.85. The van der Waals surface area contributed by atoms with E-state index in [1.54, 1.807) is 30.9 Å². The fraction of sp³-hybridized carbons (Fsp3) is 0.381. The second kappa shape index (κ2) is 7.94. The number of halogens is 2. The first-order valence-electron chi connectivity index (χ1n) is 9.10. The molecule has 1 heterocycles. The summed E-state index contributed by atoms with van der Waals surface area (Å²) in [6.45, 7) is 6.11. The third kappa shape index (κ3) is 4.76. The van der Waals surface area contributed by atoms with Gasteiger partial charge < -0.3 is 14.5 Å². The van der Waals surface area contributed by atoms with Crippen LogP contribution in [0, 0.1) is 11.6 Å². The average Bonchev–Trinajstić information content (AvgIpc) is 2.89. The number of amides is 1. The molecule has 4 nitrogen and oxygen atoms in total. The molecule has 1 amide bonds. The van der Waals surface area contributed by atoms with Crippen LogP contribution in [0.1, 0.15) is 20.3 Å². The minimum absolute atomic E-state index is 0.104. The Kier molecular flexibility index (Phi) is 5.63. The zero-order valence-corrected chi connectivity index (χ0v) is 15.6.